The van der Waals surface area contributed by atoms with E-state index in [0.717, 1.165) is 5.56 Å². The summed E-state index contributed by atoms with van der Waals surface area (Å²) in [5.74, 6) is 3.35. The second-order valence-corrected chi connectivity index (χ2v) is 7.38. The van der Waals surface area contributed by atoms with Gasteiger partial charge in [-0.25, -0.2) is 0 Å². The van der Waals surface area contributed by atoms with Crippen LogP contribution in [0.1, 0.15) is 5.56 Å². The van der Waals surface area contributed by atoms with Gasteiger partial charge in [0, 0.05) is 5.56 Å². The molecule has 98 valence electrons. The van der Waals surface area contributed by atoms with E-state index in [-0.39, 0.29) is 0 Å². The highest BCUT2D eigenvalue weighted by Crippen LogP contribution is 1.97. The zero-order chi connectivity index (χ0) is 14.3. The van der Waals surface area contributed by atoms with Crippen LogP contribution >= 0.6 is 0 Å². The molecule has 0 bridgehead atoms. The van der Waals surface area contributed by atoms with Crippen LogP contribution in [0.5, 0.6) is 0 Å². The molecule has 0 aliphatic rings. The van der Waals surface area contributed by atoms with Crippen LogP contribution in [0.25, 0.3) is 0 Å². The molecule has 0 amide bonds. The van der Waals surface area contributed by atoms with Gasteiger partial charge in [0.1, 0.15) is 0 Å². The van der Waals surface area contributed by atoms with E-state index in [1.54, 1.807) is 0 Å². The summed E-state index contributed by atoms with van der Waals surface area (Å²) in [6.07, 6.45) is 0. The predicted octanol–water partition coefficient (Wildman–Crippen LogP) is 2.89. The Labute approximate surface area is 130 Å². The molecule has 21 heavy (non-hydrogen) atoms. The zero-order valence-corrected chi connectivity index (χ0v) is 12.9. The lowest BCUT2D eigenvalue weighted by Crippen LogP contribution is -2.41. The van der Waals surface area contributed by atoms with Crippen molar-refractivity contribution in [2.24, 2.45) is 0 Å². The minimum atomic E-state index is -1.48. The van der Waals surface area contributed by atoms with Crippen LogP contribution in [0.4, 0.5) is 0 Å². The van der Waals surface area contributed by atoms with Crippen molar-refractivity contribution >= 4 is 23.0 Å². The van der Waals surface area contributed by atoms with Crippen molar-refractivity contribution in [3.8, 4) is 10.7 Å². The maximum atomic E-state index is 3.56. The molecule has 0 heterocycles. The molecule has 3 aromatic rings. The van der Waals surface area contributed by atoms with E-state index in [1.807, 2.05) is 18.2 Å². The smallest absolute Gasteiger partial charge is 0.185 e. The van der Waals surface area contributed by atoms with E-state index in [0.29, 0.717) is 0 Å². The monoisotopic (exact) mass is 282 g/mol. The van der Waals surface area contributed by atoms with Crippen molar-refractivity contribution in [1.29, 1.82) is 0 Å². The van der Waals surface area contributed by atoms with Gasteiger partial charge in [-0.1, -0.05) is 93.6 Å². The van der Waals surface area contributed by atoms with Gasteiger partial charge in [0.15, 0.2) is 0 Å². The first kappa shape index (κ1) is 13.7. The summed E-state index contributed by atoms with van der Waals surface area (Å²) in [4.78, 5) is 3.56. The lowest BCUT2D eigenvalue weighted by Gasteiger charge is -2.06. The van der Waals surface area contributed by atoms with Crippen molar-refractivity contribution in [3.63, 3.8) is 0 Å². The first-order valence-corrected chi connectivity index (χ1v) is 8.83. The van der Waals surface area contributed by atoms with Crippen LogP contribution in [0.15, 0.2) is 91.0 Å². The Hall–Kier alpha value is -2.25. The topological polar surface area (TPSA) is 0 Å². The van der Waals surface area contributed by atoms with Gasteiger partial charge in [-0.2, -0.15) is 4.78 Å². The van der Waals surface area contributed by atoms with E-state index in [2.05, 4.69) is 83.5 Å². The average Bonchev–Trinajstić information content (AvgIpc) is 2.58. The number of rotatable bonds is 2. The Morgan fingerprint density at radius 3 is 1.43 bits per heavy atom. The second-order valence-electron chi connectivity index (χ2n) is 4.89. The maximum absolute atomic E-state index is 3.56. The molecule has 0 saturated carbocycles. The molecule has 0 aromatic heterocycles. The van der Waals surface area contributed by atoms with Gasteiger partial charge in [0.05, 0.1) is 0 Å². The van der Waals surface area contributed by atoms with Crippen molar-refractivity contribution in [1.82, 2.24) is 0 Å². The molecule has 0 spiro atoms. The third-order valence-corrected chi connectivity index (χ3v) is 5.94. The van der Waals surface area contributed by atoms with Crippen LogP contribution in [0.3, 0.4) is 0 Å². The predicted molar refractivity (Wildman–Crippen MR) is 91.2 cm³/mol. The molecule has 0 aliphatic heterocycles. The molecule has 0 N–H and O–H groups in total. The fourth-order valence-corrected chi connectivity index (χ4v) is 4.57. The minimum Gasteiger partial charge on any atom is -0.185 e. The third-order valence-electron chi connectivity index (χ3n) is 3.40. The van der Waals surface area contributed by atoms with Crippen molar-refractivity contribution < 1.29 is 0 Å². The van der Waals surface area contributed by atoms with Crippen molar-refractivity contribution in [2.75, 3.05) is 0 Å². The molecular formula is C20H15Al. The highest BCUT2D eigenvalue weighted by atomic mass is 27.2. The molecule has 0 saturated heterocycles. The summed E-state index contributed by atoms with van der Waals surface area (Å²) in [5.41, 5.74) is 1.09. The van der Waals surface area contributed by atoms with E-state index >= 15 is 0 Å². The highest BCUT2D eigenvalue weighted by molar-refractivity contribution is 6.91. The lowest BCUT2D eigenvalue weighted by atomic mass is 10.2. The summed E-state index contributed by atoms with van der Waals surface area (Å²) in [6, 6.07) is 31.5. The maximum Gasteiger partial charge on any atom is 0.452 e. The average molecular weight is 282 g/mol. The Balaban J connectivity index is 2.00. The minimum absolute atomic E-state index is 1.09. The van der Waals surface area contributed by atoms with Crippen molar-refractivity contribution in [3.05, 3.63) is 96.6 Å². The van der Waals surface area contributed by atoms with Gasteiger partial charge < -0.3 is 0 Å². The number of benzene rings is 3. The molecule has 0 fully saturated rings. The standard InChI is InChI=1S/C8H5.2C6H5.Al/c1-2-8-6-4-3-5-7-8;2*1-2-4-6-5-3-1;/h3-7H;2*1-5H;. The van der Waals surface area contributed by atoms with Gasteiger partial charge in [0.25, 0.3) is 0 Å². The van der Waals surface area contributed by atoms with Gasteiger partial charge in [-0.05, 0) is 12.1 Å². The SMILES string of the molecule is C(#[C][Al]([c]1ccccc1)[c]1ccccc1)c1ccccc1. The first-order valence-electron chi connectivity index (χ1n) is 7.10. The number of hydrogen-bond acceptors (Lipinski definition) is 0. The normalized spacial score (nSPS) is 9.52. The van der Waals surface area contributed by atoms with E-state index in [9.17, 15) is 0 Å². The van der Waals surface area contributed by atoms with Gasteiger partial charge >= 0.3 is 14.1 Å². The summed E-state index contributed by atoms with van der Waals surface area (Å²) in [5, 5.41) is 0. The molecular weight excluding hydrogens is 267 g/mol. The molecule has 0 radical (unpaired) electrons. The van der Waals surface area contributed by atoms with E-state index in [4.69, 9.17) is 0 Å². The Morgan fingerprint density at radius 2 is 0.952 bits per heavy atom. The van der Waals surface area contributed by atoms with Crippen LogP contribution in [-0.4, -0.2) is 14.1 Å². The molecule has 3 rings (SSSR count). The summed E-state index contributed by atoms with van der Waals surface area (Å²) >= 11 is -1.48. The molecule has 1 heteroatoms. The summed E-state index contributed by atoms with van der Waals surface area (Å²) in [7, 11) is 0. The number of hydrogen-bond donors (Lipinski definition) is 0. The summed E-state index contributed by atoms with van der Waals surface area (Å²) in [6.45, 7) is 0. The van der Waals surface area contributed by atoms with Crippen molar-refractivity contribution in [2.45, 2.75) is 0 Å². The highest BCUT2D eigenvalue weighted by Gasteiger charge is 2.20. The second kappa shape index (κ2) is 6.96. The zero-order valence-electron chi connectivity index (χ0n) is 11.7. The molecule has 0 nitrogen and oxygen atoms in total. The fraction of sp³-hybridized carbons (Fsp3) is 0. The Morgan fingerprint density at radius 1 is 0.524 bits per heavy atom. The van der Waals surface area contributed by atoms with Crippen LogP contribution in [-0.2, 0) is 0 Å². The molecule has 0 unspecified atom stereocenters. The molecule has 0 atom stereocenters. The van der Waals surface area contributed by atoms with Crippen LogP contribution < -0.4 is 8.85 Å². The van der Waals surface area contributed by atoms with Crippen LogP contribution in [0, 0.1) is 10.7 Å². The fourth-order valence-electron chi connectivity index (χ4n) is 2.33. The van der Waals surface area contributed by atoms with Crippen LogP contribution in [0.2, 0.25) is 0 Å². The Kier molecular flexibility index (Phi) is 4.55. The molecule has 3 aromatic carbocycles. The van der Waals surface area contributed by atoms with E-state index in [1.165, 1.54) is 8.85 Å². The molecule has 0 aliphatic carbocycles. The quantitative estimate of drug-likeness (QED) is 0.501. The van der Waals surface area contributed by atoms with Gasteiger partial charge in [-0.3, -0.25) is 0 Å². The van der Waals surface area contributed by atoms with E-state index < -0.39 is 14.1 Å². The third kappa shape index (κ3) is 3.65. The Bertz CT molecular complexity index is 698. The van der Waals surface area contributed by atoms with Gasteiger partial charge in [0.2, 0.25) is 0 Å². The van der Waals surface area contributed by atoms with Gasteiger partial charge in [-0.15, -0.1) is 0 Å². The summed E-state index contributed by atoms with van der Waals surface area (Å²) < 4.78 is 2.74. The first-order chi connectivity index (χ1) is 10.4. The lowest BCUT2D eigenvalue weighted by molar-refractivity contribution is 1.65. The largest absolute Gasteiger partial charge is 0.452 e.